The summed E-state index contributed by atoms with van der Waals surface area (Å²) in [6, 6.07) is 3.81. The number of carbonyl (C=O) groups is 1. The average molecular weight is 295 g/mol. The number of rotatable bonds is 6. The van der Waals surface area contributed by atoms with E-state index in [4.69, 9.17) is 14.9 Å². The number of ether oxygens (including phenoxy) is 1. The van der Waals surface area contributed by atoms with Crippen molar-refractivity contribution in [3.63, 3.8) is 0 Å². The molecular formula is C15H25N3O3. The van der Waals surface area contributed by atoms with Gasteiger partial charge in [-0.1, -0.05) is 0 Å². The van der Waals surface area contributed by atoms with Crippen molar-refractivity contribution in [2.24, 2.45) is 5.73 Å². The fourth-order valence-corrected chi connectivity index (χ4v) is 2.40. The van der Waals surface area contributed by atoms with E-state index in [0.29, 0.717) is 32.7 Å². The second-order valence-electron chi connectivity index (χ2n) is 6.00. The topological polar surface area (TPSA) is 71.9 Å². The summed E-state index contributed by atoms with van der Waals surface area (Å²) in [4.78, 5) is 16.6. The van der Waals surface area contributed by atoms with Crippen LogP contribution < -0.4 is 5.73 Å². The molecule has 0 aromatic carbocycles. The van der Waals surface area contributed by atoms with E-state index in [1.807, 2.05) is 38.1 Å². The van der Waals surface area contributed by atoms with Gasteiger partial charge in [0.1, 0.15) is 17.1 Å². The molecule has 0 bridgehead atoms. The van der Waals surface area contributed by atoms with Crippen LogP contribution in [0.15, 0.2) is 16.5 Å². The molecule has 1 aromatic heterocycles. The fourth-order valence-electron chi connectivity index (χ4n) is 2.40. The van der Waals surface area contributed by atoms with Crippen LogP contribution in [0.2, 0.25) is 0 Å². The minimum atomic E-state index is -0.895. The molecule has 6 heteroatoms. The number of carbonyl (C=O) groups excluding carboxylic acids is 1. The van der Waals surface area contributed by atoms with E-state index in [2.05, 4.69) is 0 Å². The van der Waals surface area contributed by atoms with Crippen LogP contribution in [0, 0.1) is 6.92 Å². The van der Waals surface area contributed by atoms with E-state index < -0.39 is 5.54 Å². The molecule has 2 rings (SSSR count). The van der Waals surface area contributed by atoms with Gasteiger partial charge in [-0.3, -0.25) is 4.79 Å². The van der Waals surface area contributed by atoms with Crippen LogP contribution in [-0.2, 0) is 16.1 Å². The first-order valence-corrected chi connectivity index (χ1v) is 7.27. The lowest BCUT2D eigenvalue weighted by molar-refractivity contribution is -0.138. The van der Waals surface area contributed by atoms with E-state index in [0.717, 1.165) is 18.1 Å². The van der Waals surface area contributed by atoms with Crippen LogP contribution in [0.4, 0.5) is 0 Å². The van der Waals surface area contributed by atoms with Gasteiger partial charge >= 0.3 is 0 Å². The Hall–Kier alpha value is -1.37. The molecule has 0 spiro atoms. The molecule has 1 aliphatic rings. The molecule has 1 fully saturated rings. The number of hydrogen-bond donors (Lipinski definition) is 1. The maximum absolute atomic E-state index is 12.8. The number of nitrogens with zero attached hydrogens (tertiary/aromatic N) is 2. The summed E-state index contributed by atoms with van der Waals surface area (Å²) in [7, 11) is 3.97. The van der Waals surface area contributed by atoms with Crippen LogP contribution in [0.25, 0.3) is 0 Å². The monoisotopic (exact) mass is 295 g/mol. The highest BCUT2D eigenvalue weighted by atomic mass is 16.5. The van der Waals surface area contributed by atoms with Gasteiger partial charge in [0.15, 0.2) is 0 Å². The van der Waals surface area contributed by atoms with Crippen molar-refractivity contribution in [1.29, 1.82) is 0 Å². The molecule has 2 heterocycles. The molecule has 1 aliphatic heterocycles. The van der Waals surface area contributed by atoms with E-state index in [-0.39, 0.29) is 5.91 Å². The van der Waals surface area contributed by atoms with Crippen molar-refractivity contribution in [1.82, 2.24) is 9.80 Å². The summed E-state index contributed by atoms with van der Waals surface area (Å²) in [5.41, 5.74) is 5.31. The van der Waals surface area contributed by atoms with Crippen molar-refractivity contribution in [2.75, 3.05) is 40.4 Å². The van der Waals surface area contributed by atoms with Gasteiger partial charge in [0, 0.05) is 19.7 Å². The molecule has 0 aliphatic carbocycles. The summed E-state index contributed by atoms with van der Waals surface area (Å²) in [5.74, 6) is 1.56. The fraction of sp³-hybridized carbons (Fsp3) is 0.667. The zero-order valence-electron chi connectivity index (χ0n) is 13.1. The Labute approximate surface area is 125 Å². The van der Waals surface area contributed by atoms with Gasteiger partial charge in [-0.25, -0.2) is 0 Å². The zero-order chi connectivity index (χ0) is 15.5. The Bertz CT molecular complexity index is 478. The van der Waals surface area contributed by atoms with Gasteiger partial charge in [-0.05, 0) is 39.6 Å². The molecule has 6 nitrogen and oxygen atoms in total. The van der Waals surface area contributed by atoms with Crippen molar-refractivity contribution in [3.8, 4) is 0 Å². The molecule has 2 N–H and O–H groups in total. The maximum atomic E-state index is 12.8. The molecule has 1 saturated heterocycles. The van der Waals surface area contributed by atoms with E-state index in [1.165, 1.54) is 0 Å². The summed E-state index contributed by atoms with van der Waals surface area (Å²) in [6.07, 6.45) is 0.571. The number of hydrogen-bond acceptors (Lipinski definition) is 5. The standard InChI is InChI=1S/C15H25N3O3/c1-12-4-5-13(21-12)10-18(8-7-17(2)3)14(19)15(16)6-9-20-11-15/h4-5H,6-11,16H2,1-3H3. The second kappa shape index (κ2) is 6.60. The molecule has 1 aromatic rings. The van der Waals surface area contributed by atoms with Crippen LogP contribution in [0.1, 0.15) is 17.9 Å². The number of furan rings is 1. The summed E-state index contributed by atoms with van der Waals surface area (Å²) in [6.45, 7) is 4.57. The van der Waals surface area contributed by atoms with Crippen LogP contribution in [0.5, 0.6) is 0 Å². The van der Waals surface area contributed by atoms with E-state index >= 15 is 0 Å². The number of likely N-dealkylation sites (N-methyl/N-ethyl adjacent to an activating group) is 1. The van der Waals surface area contributed by atoms with Crippen molar-refractivity contribution >= 4 is 5.91 Å². The summed E-state index contributed by atoms with van der Waals surface area (Å²) >= 11 is 0. The zero-order valence-corrected chi connectivity index (χ0v) is 13.1. The number of amides is 1. The summed E-state index contributed by atoms with van der Waals surface area (Å²) < 4.78 is 10.9. The minimum absolute atomic E-state index is 0.0593. The number of nitrogens with two attached hydrogens (primary N) is 1. The third-order valence-corrected chi connectivity index (χ3v) is 3.73. The molecule has 1 amide bonds. The van der Waals surface area contributed by atoms with Gasteiger partial charge in [0.2, 0.25) is 5.91 Å². The summed E-state index contributed by atoms with van der Waals surface area (Å²) in [5, 5.41) is 0. The van der Waals surface area contributed by atoms with Gasteiger partial charge in [0.05, 0.1) is 13.2 Å². The molecule has 1 atom stereocenters. The highest BCUT2D eigenvalue weighted by Gasteiger charge is 2.41. The lowest BCUT2D eigenvalue weighted by atomic mass is 9.98. The lowest BCUT2D eigenvalue weighted by Crippen LogP contribution is -2.56. The Kier molecular flexibility index (Phi) is 5.03. The molecule has 1 unspecified atom stereocenters. The van der Waals surface area contributed by atoms with Crippen LogP contribution in [0.3, 0.4) is 0 Å². The Balaban J connectivity index is 2.08. The highest BCUT2D eigenvalue weighted by molar-refractivity contribution is 5.86. The Morgan fingerprint density at radius 3 is 2.67 bits per heavy atom. The normalized spacial score (nSPS) is 22.0. The quantitative estimate of drug-likeness (QED) is 0.832. The van der Waals surface area contributed by atoms with Gasteiger partial charge in [-0.2, -0.15) is 0 Å². The minimum Gasteiger partial charge on any atom is -0.464 e. The predicted octanol–water partition coefficient (Wildman–Crippen LogP) is 0.596. The van der Waals surface area contributed by atoms with Gasteiger partial charge < -0.3 is 24.7 Å². The molecule has 0 radical (unpaired) electrons. The first-order valence-electron chi connectivity index (χ1n) is 7.27. The largest absolute Gasteiger partial charge is 0.464 e. The SMILES string of the molecule is Cc1ccc(CN(CCN(C)C)C(=O)C2(N)CCOC2)o1. The third-order valence-electron chi connectivity index (χ3n) is 3.73. The predicted molar refractivity (Wildman–Crippen MR) is 79.8 cm³/mol. The Morgan fingerprint density at radius 2 is 2.14 bits per heavy atom. The van der Waals surface area contributed by atoms with E-state index in [1.54, 1.807) is 4.90 Å². The molecule has 118 valence electrons. The lowest BCUT2D eigenvalue weighted by Gasteiger charge is -2.31. The first kappa shape index (κ1) is 16.0. The highest BCUT2D eigenvalue weighted by Crippen LogP contribution is 2.20. The van der Waals surface area contributed by atoms with Crippen molar-refractivity contribution in [3.05, 3.63) is 23.7 Å². The average Bonchev–Trinajstić information content (AvgIpc) is 3.03. The molecule has 0 saturated carbocycles. The third kappa shape index (κ3) is 4.06. The van der Waals surface area contributed by atoms with Gasteiger partial charge in [-0.15, -0.1) is 0 Å². The molecule has 21 heavy (non-hydrogen) atoms. The van der Waals surface area contributed by atoms with Crippen LogP contribution >= 0.6 is 0 Å². The Morgan fingerprint density at radius 1 is 1.38 bits per heavy atom. The smallest absolute Gasteiger partial charge is 0.245 e. The van der Waals surface area contributed by atoms with Crippen molar-refractivity contribution in [2.45, 2.75) is 25.4 Å². The van der Waals surface area contributed by atoms with Crippen molar-refractivity contribution < 1.29 is 13.9 Å². The van der Waals surface area contributed by atoms with E-state index in [9.17, 15) is 4.79 Å². The molecular weight excluding hydrogens is 270 g/mol. The first-order chi connectivity index (χ1) is 9.90. The maximum Gasteiger partial charge on any atom is 0.245 e. The van der Waals surface area contributed by atoms with Crippen LogP contribution in [-0.4, -0.2) is 61.6 Å². The van der Waals surface area contributed by atoms with Gasteiger partial charge in [0.25, 0.3) is 0 Å². The second-order valence-corrected chi connectivity index (χ2v) is 6.00. The number of aryl methyl sites for hydroxylation is 1.